The lowest BCUT2D eigenvalue weighted by Gasteiger charge is -2.32. The van der Waals surface area contributed by atoms with E-state index < -0.39 is 0 Å². The summed E-state index contributed by atoms with van der Waals surface area (Å²) in [5, 5.41) is 5.05. The van der Waals surface area contributed by atoms with Crippen molar-refractivity contribution in [1.29, 1.82) is 0 Å². The second-order valence-electron chi connectivity index (χ2n) is 15.2. The van der Waals surface area contributed by atoms with Crippen molar-refractivity contribution in [2.24, 2.45) is 0 Å². The van der Waals surface area contributed by atoms with Gasteiger partial charge in [0, 0.05) is 4.47 Å². The number of hydrogen-bond donors (Lipinski definition) is 0. The van der Waals surface area contributed by atoms with Gasteiger partial charge in [-0.2, -0.15) is 0 Å². The normalized spacial score (nSPS) is 17.9. The number of halogens is 1. The van der Waals surface area contributed by atoms with Crippen molar-refractivity contribution in [2.75, 3.05) is 0 Å². The number of fused-ring (bicyclic) bond motifs is 2. The molecule has 6 aromatic rings. The molecule has 0 aliphatic carbocycles. The molecule has 0 amide bonds. The number of hydrogen-bond acceptors (Lipinski definition) is 4. The summed E-state index contributed by atoms with van der Waals surface area (Å²) in [7, 11) is 0.0765. The van der Waals surface area contributed by atoms with Crippen LogP contribution in [0.5, 0.6) is 0 Å². The van der Waals surface area contributed by atoms with Gasteiger partial charge in [0.2, 0.25) is 0 Å². The zero-order chi connectivity index (χ0) is 36.4. The highest BCUT2D eigenvalue weighted by Gasteiger charge is 2.52. The van der Waals surface area contributed by atoms with Gasteiger partial charge in [0.15, 0.2) is 0 Å². The topological polar surface area (TPSA) is 36.9 Å². The van der Waals surface area contributed by atoms with Crippen molar-refractivity contribution in [3.05, 3.63) is 138 Å². The van der Waals surface area contributed by atoms with Crippen molar-refractivity contribution >= 4 is 57.7 Å². The number of benzene rings is 6. The third-order valence-corrected chi connectivity index (χ3v) is 11.4. The molecule has 6 aromatic carbocycles. The fourth-order valence-electron chi connectivity index (χ4n) is 6.02. The van der Waals surface area contributed by atoms with Crippen LogP contribution in [0.3, 0.4) is 0 Å². The minimum Gasteiger partial charge on any atom is -0.406 e. The molecule has 2 aliphatic heterocycles. The average Bonchev–Trinajstić information content (AvgIpc) is 3.50. The molecular formula is C44H47B2BrO4. The summed E-state index contributed by atoms with van der Waals surface area (Å²) >= 11 is 3.60. The Bertz CT molecular complexity index is 2110. The van der Waals surface area contributed by atoms with E-state index in [-0.39, 0.29) is 29.5 Å². The first-order chi connectivity index (χ1) is 24.2. The molecule has 8 rings (SSSR count). The molecular weight excluding hydrogens is 694 g/mol. The van der Waals surface area contributed by atoms with Crippen LogP contribution in [-0.2, 0) is 18.6 Å². The third-order valence-electron chi connectivity index (χ3n) is 10.8. The van der Waals surface area contributed by atoms with Crippen molar-refractivity contribution < 1.29 is 18.6 Å². The summed E-state index contributed by atoms with van der Waals surface area (Å²) in [6, 6.07) is 46.7. The van der Waals surface area contributed by atoms with Crippen molar-refractivity contribution in [3.63, 3.8) is 0 Å². The van der Waals surface area contributed by atoms with Gasteiger partial charge in [-0.3, -0.25) is 0 Å². The Morgan fingerprint density at radius 3 is 1.33 bits per heavy atom. The molecule has 2 heterocycles. The quantitative estimate of drug-likeness (QED) is 0.169. The van der Waals surface area contributed by atoms with Crippen LogP contribution in [0.4, 0.5) is 0 Å². The zero-order valence-electron chi connectivity index (χ0n) is 31.0. The van der Waals surface area contributed by atoms with E-state index in [4.69, 9.17) is 18.6 Å². The first kappa shape index (κ1) is 37.1. The minimum absolute atomic E-state index is 0.132. The highest BCUT2D eigenvalue weighted by Crippen LogP contribution is 2.38. The second-order valence-corrected chi connectivity index (χ2v) is 16.1. The molecule has 0 radical (unpaired) electrons. The van der Waals surface area contributed by atoms with Crippen molar-refractivity contribution in [1.82, 2.24) is 0 Å². The van der Waals surface area contributed by atoms with Gasteiger partial charge in [0.1, 0.15) is 0 Å². The van der Waals surface area contributed by atoms with Crippen LogP contribution in [0, 0.1) is 0 Å². The summed E-state index contributed by atoms with van der Waals surface area (Å²) in [5.74, 6) is 0. The first-order valence-electron chi connectivity index (χ1n) is 17.6. The maximum atomic E-state index is 6.28. The SMILES string of the molecule is Brc1ccccc1-c1ccc2ccccc2c1.CC1(C)OB(c2ccccc2-c2ccc3ccccc3c2)OC1(C)C.CC1(C)OBOC1(C)C. The molecule has 0 bridgehead atoms. The fourth-order valence-corrected chi connectivity index (χ4v) is 6.53. The molecule has 0 aromatic heterocycles. The van der Waals surface area contributed by atoms with Crippen LogP contribution < -0.4 is 5.46 Å². The van der Waals surface area contributed by atoms with E-state index in [1.54, 1.807) is 0 Å². The summed E-state index contributed by atoms with van der Waals surface area (Å²) in [6.45, 7) is 16.5. The second kappa shape index (κ2) is 14.7. The Labute approximate surface area is 313 Å². The van der Waals surface area contributed by atoms with Crippen LogP contribution in [0.2, 0.25) is 0 Å². The molecule has 0 spiro atoms. The van der Waals surface area contributed by atoms with Gasteiger partial charge in [-0.15, -0.1) is 0 Å². The van der Waals surface area contributed by atoms with Crippen LogP contribution in [-0.4, -0.2) is 37.2 Å². The van der Waals surface area contributed by atoms with Gasteiger partial charge in [-0.25, -0.2) is 0 Å². The lowest BCUT2D eigenvalue weighted by Crippen LogP contribution is -2.41. The standard InChI is InChI=1S/C22H23BO2.C16H11Br.C6H13BO2/c1-21(2)22(3,4)25-23(24-21)20-12-8-7-11-19(20)18-14-13-16-9-5-6-10-17(16)15-18;17-16-8-4-3-7-15(16)14-10-9-12-5-1-2-6-13(12)11-14;1-5(2)6(3,4)9-7-8-5/h5-15H,1-4H3;1-11H;7H,1-4H3. The van der Waals surface area contributed by atoms with E-state index in [1.165, 1.54) is 38.2 Å². The Balaban J connectivity index is 0.000000148. The molecule has 2 fully saturated rings. The van der Waals surface area contributed by atoms with Gasteiger partial charge in [-0.1, -0.05) is 131 Å². The Morgan fingerprint density at radius 1 is 0.451 bits per heavy atom. The summed E-state index contributed by atoms with van der Waals surface area (Å²) in [6.07, 6.45) is 0. The summed E-state index contributed by atoms with van der Waals surface area (Å²) in [5.41, 5.74) is 4.96. The first-order valence-corrected chi connectivity index (χ1v) is 18.4. The van der Waals surface area contributed by atoms with E-state index in [2.05, 4.69) is 165 Å². The Morgan fingerprint density at radius 2 is 0.863 bits per heavy atom. The van der Waals surface area contributed by atoms with Gasteiger partial charge < -0.3 is 18.6 Å². The highest BCUT2D eigenvalue weighted by molar-refractivity contribution is 9.10. The predicted octanol–water partition coefficient (Wildman–Crippen LogP) is 10.9. The average molecular weight is 741 g/mol. The number of rotatable bonds is 3. The fraction of sp³-hybridized carbons (Fsp3) is 0.273. The molecule has 51 heavy (non-hydrogen) atoms. The van der Waals surface area contributed by atoms with Crippen LogP contribution in [0.25, 0.3) is 43.8 Å². The van der Waals surface area contributed by atoms with Crippen LogP contribution in [0.15, 0.2) is 138 Å². The monoisotopic (exact) mass is 740 g/mol. The molecule has 4 nitrogen and oxygen atoms in total. The maximum absolute atomic E-state index is 6.28. The maximum Gasteiger partial charge on any atom is 0.495 e. The van der Waals surface area contributed by atoms with Gasteiger partial charge in [-0.05, 0) is 123 Å². The predicted molar refractivity (Wildman–Crippen MR) is 220 cm³/mol. The molecule has 2 aliphatic rings. The van der Waals surface area contributed by atoms with Crippen LogP contribution in [0.1, 0.15) is 55.4 Å². The Kier molecular flexibility index (Phi) is 10.7. The van der Waals surface area contributed by atoms with E-state index in [0.717, 1.165) is 15.5 Å². The van der Waals surface area contributed by atoms with E-state index in [1.807, 2.05) is 39.8 Å². The highest BCUT2D eigenvalue weighted by atomic mass is 79.9. The van der Waals surface area contributed by atoms with Crippen LogP contribution >= 0.6 is 15.9 Å². The van der Waals surface area contributed by atoms with E-state index >= 15 is 0 Å². The van der Waals surface area contributed by atoms with Crippen molar-refractivity contribution in [2.45, 2.75) is 77.8 Å². The summed E-state index contributed by atoms with van der Waals surface area (Å²) in [4.78, 5) is 0. The largest absolute Gasteiger partial charge is 0.495 e. The van der Waals surface area contributed by atoms with E-state index in [9.17, 15) is 0 Å². The lowest BCUT2D eigenvalue weighted by molar-refractivity contribution is 0.00578. The van der Waals surface area contributed by atoms with Gasteiger partial charge in [0.05, 0.1) is 22.4 Å². The zero-order valence-corrected chi connectivity index (χ0v) is 32.6. The van der Waals surface area contributed by atoms with Gasteiger partial charge >= 0.3 is 14.8 Å². The molecule has 0 unspecified atom stereocenters. The molecule has 0 atom stereocenters. The Hall–Kier alpha value is -3.71. The third kappa shape index (κ3) is 8.04. The molecule has 260 valence electrons. The van der Waals surface area contributed by atoms with Crippen molar-refractivity contribution in [3.8, 4) is 22.3 Å². The lowest BCUT2D eigenvalue weighted by atomic mass is 9.74. The molecule has 7 heteroatoms. The van der Waals surface area contributed by atoms with E-state index in [0.29, 0.717) is 7.69 Å². The molecule has 0 saturated carbocycles. The smallest absolute Gasteiger partial charge is 0.406 e. The minimum atomic E-state index is -0.354. The molecule has 2 saturated heterocycles. The van der Waals surface area contributed by atoms with Gasteiger partial charge in [0.25, 0.3) is 0 Å². The summed E-state index contributed by atoms with van der Waals surface area (Å²) < 4.78 is 24.4. The molecule has 0 N–H and O–H groups in total.